The zero-order chi connectivity index (χ0) is 37.6. The first-order valence-electron chi connectivity index (χ1n) is 19.8. The van der Waals surface area contributed by atoms with Gasteiger partial charge in [0, 0.05) is 43.7 Å². The van der Waals surface area contributed by atoms with Crippen LogP contribution in [0, 0.1) is 0 Å². The minimum absolute atomic E-state index is 0.139. The number of rotatable bonds is 2. The summed E-state index contributed by atoms with van der Waals surface area (Å²) in [7, 11) is 0. The highest BCUT2D eigenvalue weighted by Crippen LogP contribution is 2.51. The van der Waals surface area contributed by atoms with Crippen LogP contribution in [-0.4, -0.2) is 19.1 Å². The van der Waals surface area contributed by atoms with Crippen LogP contribution in [-0.2, 0) is 5.41 Å². The first-order chi connectivity index (χ1) is 28.0. The van der Waals surface area contributed by atoms with Crippen molar-refractivity contribution < 1.29 is 0 Å². The molecule has 13 rings (SSSR count). The van der Waals surface area contributed by atoms with Crippen molar-refractivity contribution >= 4 is 54.6 Å². The summed E-state index contributed by atoms with van der Waals surface area (Å²) < 4.78 is 4.88. The van der Waals surface area contributed by atoms with Crippen molar-refractivity contribution in [3.63, 3.8) is 0 Å². The predicted molar refractivity (Wildman–Crippen MR) is 236 cm³/mol. The highest BCUT2D eigenvalue weighted by atomic mass is 15.1. The third kappa shape index (κ3) is 4.01. The lowest BCUT2D eigenvalue weighted by Crippen LogP contribution is -2.15. The summed E-state index contributed by atoms with van der Waals surface area (Å²) >= 11 is 0. The van der Waals surface area contributed by atoms with Crippen molar-refractivity contribution in [3.8, 4) is 56.1 Å². The molecule has 0 unspecified atom stereocenters. The largest absolute Gasteiger partial charge is 0.308 e. The lowest BCUT2D eigenvalue weighted by molar-refractivity contribution is 0.660. The number of nitrogens with zero attached hydrogens (tertiary/aromatic N) is 4. The molecule has 0 atom stereocenters. The SMILES string of the molecule is CC1(C)c2ccccc2-c2ccc(-c3nc4ccccc4nc3-n3c4ccccc4c4cc5c(cc43)c3cccc4c3n5-c3ccccc3-c3ccccc3-4)cc21. The van der Waals surface area contributed by atoms with Gasteiger partial charge in [0.1, 0.15) is 5.69 Å². The van der Waals surface area contributed by atoms with E-state index in [0.717, 1.165) is 39.1 Å². The molecule has 0 bridgehead atoms. The second-order valence-corrected chi connectivity index (χ2v) is 16.2. The van der Waals surface area contributed by atoms with E-state index in [4.69, 9.17) is 9.97 Å². The topological polar surface area (TPSA) is 35.6 Å². The van der Waals surface area contributed by atoms with Crippen molar-refractivity contribution in [2.75, 3.05) is 0 Å². The normalized spacial score (nSPS) is 13.6. The molecule has 2 aliphatic rings. The number of hydrogen-bond acceptors (Lipinski definition) is 2. The van der Waals surface area contributed by atoms with Gasteiger partial charge in [-0.15, -0.1) is 0 Å². The summed E-state index contributed by atoms with van der Waals surface area (Å²) in [5.74, 6) is 0.831. The number of hydrogen-bond donors (Lipinski definition) is 0. The zero-order valence-electron chi connectivity index (χ0n) is 31.5. The van der Waals surface area contributed by atoms with Gasteiger partial charge in [-0.05, 0) is 75.8 Å². The van der Waals surface area contributed by atoms with Gasteiger partial charge >= 0.3 is 0 Å². The van der Waals surface area contributed by atoms with Gasteiger partial charge in [-0.2, -0.15) is 0 Å². The number of benzene rings is 8. The Bertz CT molecular complexity index is 3560. The van der Waals surface area contributed by atoms with Gasteiger partial charge in [0.25, 0.3) is 0 Å². The van der Waals surface area contributed by atoms with E-state index < -0.39 is 0 Å². The summed E-state index contributed by atoms with van der Waals surface area (Å²) in [4.78, 5) is 11.0. The molecule has 0 spiro atoms. The molecule has 4 heteroatoms. The highest BCUT2D eigenvalue weighted by Gasteiger charge is 2.36. The molecule has 0 saturated heterocycles. The van der Waals surface area contributed by atoms with Crippen LogP contribution < -0.4 is 0 Å². The second-order valence-electron chi connectivity index (χ2n) is 16.2. The van der Waals surface area contributed by atoms with E-state index in [2.05, 4.69) is 193 Å². The molecule has 4 heterocycles. The Morgan fingerprint density at radius 3 is 1.84 bits per heavy atom. The minimum atomic E-state index is -0.139. The van der Waals surface area contributed by atoms with Crippen molar-refractivity contribution in [1.82, 2.24) is 19.1 Å². The van der Waals surface area contributed by atoms with Crippen LogP contribution >= 0.6 is 0 Å². The van der Waals surface area contributed by atoms with Crippen molar-refractivity contribution in [1.29, 1.82) is 0 Å². The molecule has 3 aromatic heterocycles. The Morgan fingerprint density at radius 1 is 0.404 bits per heavy atom. The van der Waals surface area contributed by atoms with E-state index in [0.29, 0.717) is 0 Å². The standard InChI is InChI=1S/C53H34N4/c1-53(2)42-21-8-5-16-34(42)35-27-26-31(28-43(35)53)50-52(55-45-23-10-9-22-44(45)54-50)57-47-25-12-7-18-37(47)40-29-48-41(30-49(40)57)39-20-13-19-38-33-15-4-3-14-32(33)36-17-6-11-24-46(36)56(48)51(38)39/h3-30H,1-2H3. The third-order valence-corrected chi connectivity index (χ3v) is 12.9. The van der Waals surface area contributed by atoms with Crippen LogP contribution in [0.25, 0.3) is 111 Å². The summed E-state index contributed by atoms with van der Waals surface area (Å²) in [5.41, 5.74) is 19.7. The van der Waals surface area contributed by atoms with Crippen LogP contribution in [0.2, 0.25) is 0 Å². The van der Waals surface area contributed by atoms with E-state index >= 15 is 0 Å². The fourth-order valence-corrected chi connectivity index (χ4v) is 10.3. The van der Waals surface area contributed by atoms with E-state index in [9.17, 15) is 0 Å². The first-order valence-corrected chi connectivity index (χ1v) is 19.8. The van der Waals surface area contributed by atoms with Gasteiger partial charge in [0.2, 0.25) is 0 Å². The van der Waals surface area contributed by atoms with Crippen LogP contribution in [0.5, 0.6) is 0 Å². The molecule has 8 aromatic carbocycles. The fourth-order valence-electron chi connectivity index (χ4n) is 10.3. The predicted octanol–water partition coefficient (Wildman–Crippen LogP) is 13.4. The number of para-hydroxylation sites is 5. The molecule has 266 valence electrons. The first kappa shape index (κ1) is 31.0. The maximum absolute atomic E-state index is 5.51. The second kappa shape index (κ2) is 10.9. The zero-order valence-corrected chi connectivity index (χ0v) is 31.5. The molecular formula is C53H34N4. The van der Waals surface area contributed by atoms with E-state index in [-0.39, 0.29) is 5.41 Å². The van der Waals surface area contributed by atoms with Gasteiger partial charge in [-0.1, -0.05) is 141 Å². The molecule has 0 N–H and O–H groups in total. The smallest absolute Gasteiger partial charge is 0.165 e. The summed E-state index contributed by atoms with van der Waals surface area (Å²) in [6.07, 6.45) is 0. The van der Waals surface area contributed by atoms with Crippen molar-refractivity contribution in [2.24, 2.45) is 0 Å². The van der Waals surface area contributed by atoms with Gasteiger partial charge in [-0.25, -0.2) is 9.97 Å². The quantitative estimate of drug-likeness (QED) is 0.178. The van der Waals surface area contributed by atoms with Gasteiger partial charge in [0.15, 0.2) is 5.82 Å². The van der Waals surface area contributed by atoms with Crippen LogP contribution in [0.4, 0.5) is 0 Å². The summed E-state index contributed by atoms with van der Waals surface area (Å²) in [6.45, 7) is 4.68. The Morgan fingerprint density at radius 2 is 1.00 bits per heavy atom. The Labute approximate surface area is 328 Å². The molecule has 0 saturated carbocycles. The molecule has 57 heavy (non-hydrogen) atoms. The lowest BCUT2D eigenvalue weighted by atomic mass is 9.82. The molecule has 4 nitrogen and oxygen atoms in total. The molecular weight excluding hydrogens is 693 g/mol. The monoisotopic (exact) mass is 726 g/mol. The average Bonchev–Trinajstić information content (AvgIpc) is 3.81. The minimum Gasteiger partial charge on any atom is -0.308 e. The van der Waals surface area contributed by atoms with Crippen molar-refractivity contribution in [3.05, 3.63) is 181 Å². The van der Waals surface area contributed by atoms with Crippen LogP contribution in [0.1, 0.15) is 25.0 Å². The molecule has 0 radical (unpaired) electrons. The van der Waals surface area contributed by atoms with Gasteiger partial charge in [0.05, 0.1) is 38.8 Å². The lowest BCUT2D eigenvalue weighted by Gasteiger charge is -2.22. The highest BCUT2D eigenvalue weighted by molar-refractivity contribution is 6.22. The fraction of sp³-hybridized carbons (Fsp3) is 0.0566. The molecule has 0 amide bonds. The Kier molecular flexibility index (Phi) is 5.94. The average molecular weight is 727 g/mol. The maximum atomic E-state index is 5.51. The van der Waals surface area contributed by atoms with E-state index in [1.165, 1.54) is 82.8 Å². The molecule has 1 aliphatic heterocycles. The van der Waals surface area contributed by atoms with E-state index in [1.807, 2.05) is 0 Å². The van der Waals surface area contributed by atoms with E-state index in [1.54, 1.807) is 0 Å². The maximum Gasteiger partial charge on any atom is 0.165 e. The van der Waals surface area contributed by atoms with Gasteiger partial charge < -0.3 is 4.57 Å². The number of fused-ring (bicyclic) bond motifs is 15. The number of aromatic nitrogens is 4. The summed E-state index contributed by atoms with van der Waals surface area (Å²) in [5, 5.41) is 4.82. The Balaban J connectivity index is 1.14. The molecule has 11 aromatic rings. The van der Waals surface area contributed by atoms with Gasteiger partial charge in [-0.3, -0.25) is 4.57 Å². The molecule has 1 aliphatic carbocycles. The summed E-state index contributed by atoms with van der Waals surface area (Å²) in [6, 6.07) is 62.1. The third-order valence-electron chi connectivity index (χ3n) is 12.9. The van der Waals surface area contributed by atoms with Crippen LogP contribution in [0.15, 0.2) is 170 Å². The van der Waals surface area contributed by atoms with Crippen molar-refractivity contribution in [2.45, 2.75) is 19.3 Å². The van der Waals surface area contributed by atoms with Crippen LogP contribution in [0.3, 0.4) is 0 Å². The molecule has 0 fully saturated rings. The Hall–Kier alpha value is -7.30.